The molecule has 0 aliphatic heterocycles. The summed E-state index contributed by atoms with van der Waals surface area (Å²) in [7, 11) is 1.34. The average Bonchev–Trinajstić information content (AvgIpc) is 2.60. The smallest absolute Gasteiger partial charge is 0.339 e. The number of methoxy groups -OCH3 is 1. The predicted molar refractivity (Wildman–Crippen MR) is 90.4 cm³/mol. The van der Waals surface area contributed by atoms with Gasteiger partial charge >= 0.3 is 5.97 Å². The quantitative estimate of drug-likeness (QED) is 0.599. The first-order valence-corrected chi connectivity index (χ1v) is 8.06. The van der Waals surface area contributed by atoms with Crippen molar-refractivity contribution in [2.75, 3.05) is 25.5 Å². The van der Waals surface area contributed by atoms with E-state index in [0.29, 0.717) is 17.8 Å². The van der Waals surface area contributed by atoms with Crippen LogP contribution in [0.4, 0.5) is 5.69 Å². The Bertz CT molecular complexity index is 581. The highest BCUT2D eigenvalue weighted by atomic mass is 16.5. The lowest BCUT2D eigenvalue weighted by molar-refractivity contribution is -0.119. The minimum atomic E-state index is -0.419. The van der Waals surface area contributed by atoms with Crippen LogP contribution < -0.4 is 10.6 Å². The van der Waals surface area contributed by atoms with Crippen LogP contribution >= 0.6 is 0 Å². The topological polar surface area (TPSA) is 67.4 Å². The van der Waals surface area contributed by atoms with Crippen LogP contribution in [0.25, 0.3) is 0 Å². The lowest BCUT2D eigenvalue weighted by Crippen LogP contribution is -2.31. The molecule has 0 bridgehead atoms. The standard InChI is InChI=1S/C18H24N2O3/c1-23-18(22)15-9-5-6-10-16(15)20-13-17(21)19-12-11-14-7-3-2-4-8-14/h5-7,9-10,20H,2-4,8,11-13H2,1H3,(H,19,21). The van der Waals surface area contributed by atoms with Crippen LogP contribution in [0.2, 0.25) is 0 Å². The molecule has 0 spiro atoms. The third kappa shape index (κ3) is 5.43. The number of para-hydroxylation sites is 1. The van der Waals surface area contributed by atoms with Crippen LogP contribution in [0.15, 0.2) is 35.9 Å². The second-order valence-corrected chi connectivity index (χ2v) is 5.60. The van der Waals surface area contributed by atoms with Crippen LogP contribution in [-0.2, 0) is 9.53 Å². The molecule has 0 unspecified atom stereocenters. The van der Waals surface area contributed by atoms with Gasteiger partial charge in [0.2, 0.25) is 5.91 Å². The minimum absolute atomic E-state index is 0.0823. The zero-order valence-corrected chi connectivity index (χ0v) is 13.6. The molecule has 0 atom stereocenters. The second kappa shape index (κ2) is 8.98. The molecule has 0 aromatic heterocycles. The molecule has 1 aliphatic rings. The fourth-order valence-corrected chi connectivity index (χ4v) is 2.66. The van der Waals surface area contributed by atoms with Crippen LogP contribution in [-0.4, -0.2) is 32.1 Å². The van der Waals surface area contributed by atoms with E-state index in [-0.39, 0.29) is 12.5 Å². The SMILES string of the molecule is COC(=O)c1ccccc1NCC(=O)NCCC1=CCCCC1. The molecule has 1 aliphatic carbocycles. The Morgan fingerprint density at radius 1 is 1.22 bits per heavy atom. The first-order valence-electron chi connectivity index (χ1n) is 8.06. The molecule has 5 heteroatoms. The molecule has 0 fully saturated rings. The number of esters is 1. The van der Waals surface area contributed by atoms with Gasteiger partial charge in [0.1, 0.15) is 0 Å². The first-order chi connectivity index (χ1) is 11.2. The number of ether oxygens (including phenoxy) is 1. The van der Waals surface area contributed by atoms with Crippen molar-refractivity contribution in [1.29, 1.82) is 0 Å². The van der Waals surface area contributed by atoms with Gasteiger partial charge in [-0.3, -0.25) is 4.79 Å². The van der Waals surface area contributed by atoms with Gasteiger partial charge in [0.25, 0.3) is 0 Å². The van der Waals surface area contributed by atoms with Gasteiger partial charge in [0.15, 0.2) is 0 Å². The molecule has 2 N–H and O–H groups in total. The number of hydrogen-bond donors (Lipinski definition) is 2. The molecule has 1 aromatic rings. The zero-order chi connectivity index (χ0) is 16.5. The summed E-state index contributed by atoms with van der Waals surface area (Å²) in [5.41, 5.74) is 2.47. The maximum absolute atomic E-state index is 11.9. The monoisotopic (exact) mass is 316 g/mol. The Hall–Kier alpha value is -2.30. The maximum atomic E-state index is 11.9. The van der Waals surface area contributed by atoms with Crippen molar-refractivity contribution >= 4 is 17.6 Å². The van der Waals surface area contributed by atoms with Gasteiger partial charge in [-0.2, -0.15) is 0 Å². The lowest BCUT2D eigenvalue weighted by Gasteiger charge is -2.13. The van der Waals surface area contributed by atoms with Crippen molar-refractivity contribution < 1.29 is 14.3 Å². The van der Waals surface area contributed by atoms with E-state index in [9.17, 15) is 9.59 Å². The molecule has 124 valence electrons. The van der Waals surface area contributed by atoms with Crippen molar-refractivity contribution in [2.45, 2.75) is 32.1 Å². The number of anilines is 1. The Morgan fingerprint density at radius 3 is 2.78 bits per heavy atom. The number of amides is 1. The van der Waals surface area contributed by atoms with E-state index in [1.165, 1.54) is 25.5 Å². The fraction of sp³-hybridized carbons (Fsp3) is 0.444. The molecule has 1 amide bonds. The van der Waals surface area contributed by atoms with Gasteiger partial charge in [-0.25, -0.2) is 4.79 Å². The van der Waals surface area contributed by atoms with E-state index >= 15 is 0 Å². The Kier molecular flexibility index (Phi) is 6.66. The molecule has 2 rings (SSSR count). The summed E-state index contributed by atoms with van der Waals surface area (Å²) < 4.78 is 4.73. The Labute approximate surface area is 137 Å². The van der Waals surface area contributed by atoms with E-state index in [1.807, 2.05) is 6.07 Å². The van der Waals surface area contributed by atoms with Crippen molar-refractivity contribution in [3.8, 4) is 0 Å². The molecule has 5 nitrogen and oxygen atoms in total. The second-order valence-electron chi connectivity index (χ2n) is 5.60. The van der Waals surface area contributed by atoms with Crippen LogP contribution in [0.1, 0.15) is 42.5 Å². The van der Waals surface area contributed by atoms with Gasteiger partial charge < -0.3 is 15.4 Å². The molecule has 0 heterocycles. The van der Waals surface area contributed by atoms with E-state index in [2.05, 4.69) is 16.7 Å². The number of nitrogens with one attached hydrogen (secondary N) is 2. The lowest BCUT2D eigenvalue weighted by atomic mass is 9.97. The predicted octanol–water partition coefficient (Wildman–Crippen LogP) is 2.89. The van der Waals surface area contributed by atoms with E-state index < -0.39 is 5.97 Å². The summed E-state index contributed by atoms with van der Waals surface area (Å²) in [5.74, 6) is -0.501. The molecule has 0 radical (unpaired) electrons. The van der Waals surface area contributed by atoms with Gasteiger partial charge in [-0.05, 0) is 44.2 Å². The van der Waals surface area contributed by atoms with Gasteiger partial charge in [0.05, 0.1) is 19.2 Å². The summed E-state index contributed by atoms with van der Waals surface area (Å²) in [5, 5.41) is 5.89. The summed E-state index contributed by atoms with van der Waals surface area (Å²) in [6.45, 7) is 0.790. The molecular weight excluding hydrogens is 292 g/mol. The van der Waals surface area contributed by atoms with Gasteiger partial charge in [0, 0.05) is 12.2 Å². The number of rotatable bonds is 7. The largest absolute Gasteiger partial charge is 0.465 e. The highest BCUT2D eigenvalue weighted by molar-refractivity contribution is 5.96. The van der Waals surface area contributed by atoms with Crippen molar-refractivity contribution in [1.82, 2.24) is 5.32 Å². The summed E-state index contributed by atoms with van der Waals surface area (Å²) >= 11 is 0. The molecule has 1 aromatic carbocycles. The number of benzene rings is 1. The number of allylic oxidation sites excluding steroid dienone is 1. The summed E-state index contributed by atoms with van der Waals surface area (Å²) in [6.07, 6.45) is 8.06. The summed E-state index contributed by atoms with van der Waals surface area (Å²) in [4.78, 5) is 23.6. The number of carbonyl (C=O) groups is 2. The first kappa shape index (κ1) is 17.1. The molecule has 0 saturated heterocycles. The van der Waals surface area contributed by atoms with Crippen molar-refractivity contribution in [3.63, 3.8) is 0 Å². The number of carbonyl (C=O) groups excluding carboxylic acids is 2. The maximum Gasteiger partial charge on any atom is 0.339 e. The molecular formula is C18H24N2O3. The van der Waals surface area contributed by atoms with E-state index in [0.717, 1.165) is 19.3 Å². The average molecular weight is 316 g/mol. The number of hydrogen-bond acceptors (Lipinski definition) is 4. The molecule has 0 saturated carbocycles. The van der Waals surface area contributed by atoms with Crippen LogP contribution in [0, 0.1) is 0 Å². The van der Waals surface area contributed by atoms with E-state index in [4.69, 9.17) is 4.74 Å². The Balaban J connectivity index is 1.76. The van der Waals surface area contributed by atoms with Crippen LogP contribution in [0.5, 0.6) is 0 Å². The Morgan fingerprint density at radius 2 is 2.04 bits per heavy atom. The van der Waals surface area contributed by atoms with Crippen LogP contribution in [0.3, 0.4) is 0 Å². The zero-order valence-electron chi connectivity index (χ0n) is 13.6. The third-order valence-corrected chi connectivity index (χ3v) is 3.93. The third-order valence-electron chi connectivity index (χ3n) is 3.93. The highest BCUT2D eigenvalue weighted by Gasteiger charge is 2.11. The minimum Gasteiger partial charge on any atom is -0.465 e. The van der Waals surface area contributed by atoms with Gasteiger partial charge in [-0.1, -0.05) is 23.8 Å². The van der Waals surface area contributed by atoms with Gasteiger partial charge in [-0.15, -0.1) is 0 Å². The van der Waals surface area contributed by atoms with Crippen molar-refractivity contribution in [2.24, 2.45) is 0 Å². The summed E-state index contributed by atoms with van der Waals surface area (Å²) in [6, 6.07) is 6.99. The fourth-order valence-electron chi connectivity index (χ4n) is 2.66. The highest BCUT2D eigenvalue weighted by Crippen LogP contribution is 2.19. The molecule has 23 heavy (non-hydrogen) atoms. The van der Waals surface area contributed by atoms with Crippen molar-refractivity contribution in [3.05, 3.63) is 41.5 Å². The normalized spacial score (nSPS) is 13.9. The van der Waals surface area contributed by atoms with E-state index in [1.54, 1.807) is 18.2 Å².